The molecule has 1 aromatic carbocycles. The molecule has 0 radical (unpaired) electrons. The summed E-state index contributed by atoms with van der Waals surface area (Å²) in [5.74, 6) is 0.0225. The molecule has 0 aliphatic rings. The van der Waals surface area contributed by atoms with E-state index in [1.165, 1.54) is 18.1 Å². The molecule has 1 aromatic rings. The van der Waals surface area contributed by atoms with E-state index in [-0.39, 0.29) is 5.91 Å². The maximum absolute atomic E-state index is 10.6. The molecule has 0 fully saturated rings. The molecule has 0 saturated carbocycles. The minimum Gasteiger partial charge on any atom is -0.356 e. The molecule has 0 aliphatic heterocycles. The fourth-order valence-electron chi connectivity index (χ4n) is 1.36. The second-order valence-corrected chi connectivity index (χ2v) is 4.07. The van der Waals surface area contributed by atoms with Gasteiger partial charge in [0.1, 0.15) is 0 Å². The number of amides is 1. The van der Waals surface area contributed by atoms with Crippen molar-refractivity contribution in [3.8, 4) is 0 Å². The number of benzene rings is 1. The van der Waals surface area contributed by atoms with Crippen LogP contribution in [0.5, 0.6) is 0 Å². The maximum atomic E-state index is 10.6. The molecule has 0 aromatic heterocycles. The van der Waals surface area contributed by atoms with E-state index < -0.39 is 0 Å². The van der Waals surface area contributed by atoms with Crippen molar-refractivity contribution in [3.05, 3.63) is 41.5 Å². The lowest BCUT2D eigenvalue weighted by Crippen LogP contribution is -2.20. The van der Waals surface area contributed by atoms with Crippen LogP contribution in [0.2, 0.25) is 0 Å². The van der Waals surface area contributed by atoms with Gasteiger partial charge < -0.3 is 5.32 Å². The van der Waals surface area contributed by atoms with Crippen molar-refractivity contribution in [2.45, 2.75) is 18.7 Å². The van der Waals surface area contributed by atoms with Gasteiger partial charge in [-0.2, -0.15) is 0 Å². The highest BCUT2D eigenvalue weighted by Gasteiger charge is 1.95. The number of carbonyl (C=O) groups excluding carboxylic acids is 1. The first-order valence-corrected chi connectivity index (χ1v) is 6.41. The summed E-state index contributed by atoms with van der Waals surface area (Å²) in [6.07, 6.45) is 5.03. The number of alkyl halides is 1. The van der Waals surface area contributed by atoms with Gasteiger partial charge >= 0.3 is 0 Å². The smallest absolute Gasteiger partial charge is 0.216 e. The number of rotatable bonds is 5. The zero-order chi connectivity index (χ0) is 11.8. The average Bonchev–Trinajstić information content (AvgIpc) is 2.29. The van der Waals surface area contributed by atoms with E-state index in [2.05, 4.69) is 45.5 Å². The van der Waals surface area contributed by atoms with Crippen LogP contribution in [0.1, 0.15) is 24.5 Å². The van der Waals surface area contributed by atoms with Gasteiger partial charge in [0.05, 0.1) is 0 Å². The van der Waals surface area contributed by atoms with E-state index in [4.69, 9.17) is 0 Å². The summed E-state index contributed by atoms with van der Waals surface area (Å²) in [6.45, 7) is 2.23. The summed E-state index contributed by atoms with van der Waals surface area (Å²) in [5.41, 5.74) is 2.50. The highest BCUT2D eigenvalue weighted by molar-refractivity contribution is 9.08. The number of carbonyl (C=O) groups is 1. The molecule has 0 heterocycles. The highest BCUT2D eigenvalue weighted by atomic mass is 79.9. The zero-order valence-corrected chi connectivity index (χ0v) is 11.0. The van der Waals surface area contributed by atoms with Gasteiger partial charge in [-0.15, -0.1) is 0 Å². The Morgan fingerprint density at radius 1 is 1.44 bits per heavy atom. The van der Waals surface area contributed by atoms with Crippen molar-refractivity contribution < 1.29 is 4.79 Å². The van der Waals surface area contributed by atoms with E-state index in [9.17, 15) is 4.79 Å². The Hall–Kier alpha value is -1.09. The van der Waals surface area contributed by atoms with Crippen LogP contribution in [-0.4, -0.2) is 12.5 Å². The number of hydrogen-bond donors (Lipinski definition) is 1. The van der Waals surface area contributed by atoms with Gasteiger partial charge in [-0.1, -0.05) is 52.3 Å². The zero-order valence-electron chi connectivity index (χ0n) is 9.37. The van der Waals surface area contributed by atoms with Gasteiger partial charge in [0.25, 0.3) is 0 Å². The van der Waals surface area contributed by atoms with Gasteiger partial charge in [-0.3, -0.25) is 4.79 Å². The average molecular weight is 282 g/mol. The Balaban J connectivity index is 2.46. The van der Waals surface area contributed by atoms with Crippen molar-refractivity contribution in [1.29, 1.82) is 0 Å². The van der Waals surface area contributed by atoms with Crippen molar-refractivity contribution in [2.24, 2.45) is 0 Å². The van der Waals surface area contributed by atoms with E-state index in [0.717, 1.165) is 11.8 Å². The molecule has 86 valence electrons. The molecule has 1 amide bonds. The molecule has 0 unspecified atom stereocenters. The molecule has 0 bridgehead atoms. The van der Waals surface area contributed by atoms with Crippen molar-refractivity contribution in [1.82, 2.24) is 5.32 Å². The quantitative estimate of drug-likeness (QED) is 0.652. The summed E-state index contributed by atoms with van der Waals surface area (Å²) >= 11 is 3.46. The minimum absolute atomic E-state index is 0.0225. The van der Waals surface area contributed by atoms with Gasteiger partial charge in [-0.25, -0.2) is 0 Å². The van der Waals surface area contributed by atoms with Gasteiger partial charge in [0.15, 0.2) is 0 Å². The summed E-state index contributed by atoms with van der Waals surface area (Å²) in [5, 5.41) is 3.62. The van der Waals surface area contributed by atoms with Gasteiger partial charge in [-0.05, 0) is 17.5 Å². The number of nitrogens with one attached hydrogen (secondary N) is 1. The van der Waals surface area contributed by atoms with E-state index >= 15 is 0 Å². The molecule has 1 rings (SSSR count). The summed E-state index contributed by atoms with van der Waals surface area (Å²) in [4.78, 5) is 10.6. The van der Waals surface area contributed by atoms with Crippen molar-refractivity contribution in [3.63, 3.8) is 0 Å². The molecule has 0 spiro atoms. The summed E-state index contributed by atoms with van der Waals surface area (Å²) in [7, 11) is 0. The Bertz CT molecular complexity index is 374. The van der Waals surface area contributed by atoms with Crippen LogP contribution < -0.4 is 5.32 Å². The van der Waals surface area contributed by atoms with Crippen LogP contribution in [0.25, 0.3) is 6.08 Å². The fraction of sp³-hybridized carbons (Fsp3) is 0.308. The van der Waals surface area contributed by atoms with Crippen LogP contribution in [-0.2, 0) is 10.1 Å². The van der Waals surface area contributed by atoms with Crippen LogP contribution in [0, 0.1) is 0 Å². The largest absolute Gasteiger partial charge is 0.356 e. The van der Waals surface area contributed by atoms with Crippen LogP contribution in [0.15, 0.2) is 30.3 Å². The Kier molecular flexibility index (Phi) is 5.86. The molecule has 3 heteroatoms. The lowest BCUT2D eigenvalue weighted by atomic mass is 10.1. The van der Waals surface area contributed by atoms with E-state index in [0.29, 0.717) is 6.54 Å². The molecule has 0 aliphatic carbocycles. The predicted molar refractivity (Wildman–Crippen MR) is 71.4 cm³/mol. The summed E-state index contributed by atoms with van der Waals surface area (Å²) in [6, 6.07) is 8.25. The highest BCUT2D eigenvalue weighted by Crippen LogP contribution is 2.14. The molecular formula is C13H16BrNO. The lowest BCUT2D eigenvalue weighted by Gasteiger charge is -2.01. The predicted octanol–water partition coefficient (Wildman–Crippen LogP) is 3.12. The Morgan fingerprint density at radius 2 is 2.19 bits per heavy atom. The van der Waals surface area contributed by atoms with Crippen LogP contribution in [0.4, 0.5) is 0 Å². The number of hydrogen-bond acceptors (Lipinski definition) is 1. The monoisotopic (exact) mass is 281 g/mol. The first-order chi connectivity index (χ1) is 7.74. The normalized spacial score (nSPS) is 10.6. The second kappa shape index (κ2) is 7.23. The standard InChI is InChI=1S/C13H16BrNO/c1-11(16)15-9-5-4-7-12-6-2-3-8-13(12)10-14/h2-4,6-8H,5,9-10H2,1H3,(H,15,16). The second-order valence-electron chi connectivity index (χ2n) is 3.51. The van der Waals surface area contributed by atoms with Crippen LogP contribution in [0.3, 0.4) is 0 Å². The molecule has 16 heavy (non-hydrogen) atoms. The molecule has 1 N–H and O–H groups in total. The molecular weight excluding hydrogens is 266 g/mol. The third kappa shape index (κ3) is 4.62. The third-order valence-electron chi connectivity index (χ3n) is 2.18. The van der Waals surface area contributed by atoms with Crippen molar-refractivity contribution >= 4 is 27.9 Å². The van der Waals surface area contributed by atoms with Crippen LogP contribution >= 0.6 is 15.9 Å². The minimum atomic E-state index is 0.0225. The van der Waals surface area contributed by atoms with E-state index in [1.807, 2.05) is 12.1 Å². The van der Waals surface area contributed by atoms with E-state index in [1.54, 1.807) is 0 Å². The number of halogens is 1. The summed E-state index contributed by atoms with van der Waals surface area (Å²) < 4.78 is 0. The fourth-order valence-corrected chi connectivity index (χ4v) is 1.87. The Morgan fingerprint density at radius 3 is 2.88 bits per heavy atom. The third-order valence-corrected chi connectivity index (χ3v) is 2.79. The molecule has 2 nitrogen and oxygen atoms in total. The lowest BCUT2D eigenvalue weighted by molar-refractivity contribution is -0.118. The molecule has 0 atom stereocenters. The van der Waals surface area contributed by atoms with Crippen molar-refractivity contribution in [2.75, 3.05) is 6.54 Å². The first kappa shape index (κ1) is 13.0. The van der Waals surface area contributed by atoms with Gasteiger partial charge in [0, 0.05) is 18.8 Å². The first-order valence-electron chi connectivity index (χ1n) is 5.29. The topological polar surface area (TPSA) is 29.1 Å². The molecule has 0 saturated heterocycles. The SMILES string of the molecule is CC(=O)NCCC=Cc1ccccc1CBr. The van der Waals surface area contributed by atoms with Gasteiger partial charge in [0.2, 0.25) is 5.91 Å². The maximum Gasteiger partial charge on any atom is 0.216 e. The Labute approximate surface area is 105 Å².